The van der Waals surface area contributed by atoms with Crippen LogP contribution >= 0.6 is 0 Å². The Morgan fingerprint density at radius 1 is 0.393 bits per heavy atom. The molecule has 0 saturated carbocycles. The lowest BCUT2D eigenvalue weighted by atomic mass is 9.33. The van der Waals surface area contributed by atoms with Gasteiger partial charge in [0.1, 0.15) is 0 Å². The minimum absolute atomic E-state index is 0.172. The highest BCUT2D eigenvalue weighted by atomic mass is 19.4. The second-order valence-electron chi connectivity index (χ2n) is 14.6. The molecule has 0 radical (unpaired) electrons. The molecule has 2 aliphatic heterocycles. The van der Waals surface area contributed by atoms with Crippen molar-refractivity contribution in [3.05, 3.63) is 173 Å². The Morgan fingerprint density at radius 2 is 0.786 bits per heavy atom. The Morgan fingerprint density at radius 3 is 1.18 bits per heavy atom. The molecule has 2 aliphatic rings. The fraction of sp³-hybridized carbons (Fsp3) is 0.106. The number of anilines is 6. The molecule has 0 aliphatic carbocycles. The molecular weight excluding hydrogens is 717 g/mol. The van der Waals surface area contributed by atoms with Gasteiger partial charge in [0.25, 0.3) is 6.71 Å². The molecule has 7 aromatic carbocycles. The zero-order valence-electron chi connectivity index (χ0n) is 30.6. The van der Waals surface area contributed by atoms with Crippen LogP contribution in [0.3, 0.4) is 0 Å². The first-order valence-corrected chi connectivity index (χ1v) is 18.3. The molecule has 2 heterocycles. The first-order chi connectivity index (χ1) is 26.8. The number of benzene rings is 7. The van der Waals surface area contributed by atoms with Gasteiger partial charge in [-0.25, -0.2) is 0 Å². The maximum Gasteiger partial charge on any atom is 0.416 e. The maximum atomic E-state index is 13.6. The summed E-state index contributed by atoms with van der Waals surface area (Å²) in [7, 11) is 0. The quantitative estimate of drug-likeness (QED) is 0.131. The highest BCUT2D eigenvalue weighted by Gasteiger charge is 2.44. The van der Waals surface area contributed by atoms with Crippen LogP contribution in [0.4, 0.5) is 60.5 Å². The Labute approximate surface area is 321 Å². The Hall–Kier alpha value is -6.22. The zero-order valence-corrected chi connectivity index (χ0v) is 30.6. The van der Waals surface area contributed by atoms with Crippen LogP contribution in [-0.4, -0.2) is 6.71 Å². The van der Waals surface area contributed by atoms with Crippen molar-refractivity contribution in [2.45, 2.75) is 33.1 Å². The summed E-state index contributed by atoms with van der Waals surface area (Å²) < 4.78 is 81.7. The molecule has 0 spiro atoms. The summed E-state index contributed by atoms with van der Waals surface area (Å²) >= 11 is 0. The summed E-state index contributed by atoms with van der Waals surface area (Å²) in [5, 5.41) is 0. The van der Waals surface area contributed by atoms with Gasteiger partial charge in [0.15, 0.2) is 0 Å². The van der Waals surface area contributed by atoms with Gasteiger partial charge >= 0.3 is 12.4 Å². The predicted molar refractivity (Wildman–Crippen MR) is 216 cm³/mol. The SMILES string of the molecule is Cc1ccc2c(c1)B1c3cc(C)ccc3N(c3ccccc3-c3ccc(C(F)(F)F)cc3)c3cc(C)cc(c31)N2c1ccccc1-c1ccc(C(F)(F)F)cc1. The smallest absolute Gasteiger partial charge is 0.311 e. The van der Waals surface area contributed by atoms with Gasteiger partial charge in [-0.2, -0.15) is 26.3 Å². The van der Waals surface area contributed by atoms with Crippen molar-refractivity contribution in [3.63, 3.8) is 0 Å². The molecule has 2 nitrogen and oxygen atoms in total. The van der Waals surface area contributed by atoms with Gasteiger partial charge in [0, 0.05) is 33.9 Å². The van der Waals surface area contributed by atoms with Crippen LogP contribution in [0.2, 0.25) is 0 Å². The lowest BCUT2D eigenvalue weighted by molar-refractivity contribution is -0.138. The lowest BCUT2D eigenvalue weighted by Crippen LogP contribution is -2.61. The van der Waals surface area contributed by atoms with Crippen molar-refractivity contribution >= 4 is 57.2 Å². The van der Waals surface area contributed by atoms with E-state index in [2.05, 4.69) is 72.2 Å². The third kappa shape index (κ3) is 5.84. The van der Waals surface area contributed by atoms with Crippen molar-refractivity contribution in [2.75, 3.05) is 9.80 Å². The summed E-state index contributed by atoms with van der Waals surface area (Å²) in [4.78, 5) is 4.45. The molecule has 0 bridgehead atoms. The number of rotatable bonds is 4. The normalized spacial score (nSPS) is 13.3. The van der Waals surface area contributed by atoms with Gasteiger partial charge in [0.05, 0.1) is 22.5 Å². The minimum atomic E-state index is -4.46. The summed E-state index contributed by atoms with van der Waals surface area (Å²) in [5.41, 5.74) is 13.3. The van der Waals surface area contributed by atoms with Crippen molar-refractivity contribution in [1.82, 2.24) is 0 Å². The molecule has 0 N–H and O–H groups in total. The van der Waals surface area contributed by atoms with E-state index in [4.69, 9.17) is 0 Å². The number of fused-ring (bicyclic) bond motifs is 4. The van der Waals surface area contributed by atoms with Crippen molar-refractivity contribution in [1.29, 1.82) is 0 Å². The number of nitrogens with zero attached hydrogens (tertiary/aromatic N) is 2. The molecule has 276 valence electrons. The average Bonchev–Trinajstić information content (AvgIpc) is 3.17. The topological polar surface area (TPSA) is 6.48 Å². The summed E-state index contributed by atoms with van der Waals surface area (Å²) in [6, 6.07) is 43.3. The maximum absolute atomic E-state index is 13.6. The summed E-state index contributed by atoms with van der Waals surface area (Å²) in [5.74, 6) is 0. The van der Waals surface area contributed by atoms with Gasteiger partial charge in [-0.05, 0) is 115 Å². The number of hydrogen-bond donors (Lipinski definition) is 0. The number of para-hydroxylation sites is 2. The lowest BCUT2D eigenvalue weighted by Gasteiger charge is -2.45. The molecule has 9 heteroatoms. The number of alkyl halides is 6. The number of hydrogen-bond acceptors (Lipinski definition) is 2. The van der Waals surface area contributed by atoms with E-state index in [-0.39, 0.29) is 6.71 Å². The van der Waals surface area contributed by atoms with E-state index in [1.165, 1.54) is 24.3 Å². The highest BCUT2D eigenvalue weighted by Crippen LogP contribution is 2.48. The van der Waals surface area contributed by atoms with Gasteiger partial charge in [0.2, 0.25) is 0 Å². The van der Waals surface area contributed by atoms with Crippen LogP contribution in [0.5, 0.6) is 0 Å². The fourth-order valence-electron chi connectivity index (χ4n) is 8.40. The van der Waals surface area contributed by atoms with E-state index < -0.39 is 23.5 Å². The van der Waals surface area contributed by atoms with Crippen LogP contribution < -0.4 is 26.2 Å². The van der Waals surface area contributed by atoms with E-state index in [1.807, 2.05) is 55.5 Å². The van der Waals surface area contributed by atoms with Crippen molar-refractivity contribution in [3.8, 4) is 22.3 Å². The van der Waals surface area contributed by atoms with Crippen LogP contribution in [-0.2, 0) is 12.4 Å². The third-order valence-electron chi connectivity index (χ3n) is 10.9. The zero-order chi connectivity index (χ0) is 39.1. The first kappa shape index (κ1) is 35.5. The highest BCUT2D eigenvalue weighted by molar-refractivity contribution is 7.00. The Bertz CT molecular complexity index is 2480. The molecule has 0 aromatic heterocycles. The van der Waals surface area contributed by atoms with Gasteiger partial charge < -0.3 is 9.80 Å². The first-order valence-electron chi connectivity index (χ1n) is 18.3. The fourth-order valence-corrected chi connectivity index (χ4v) is 8.40. The Balaban J connectivity index is 1.31. The second-order valence-corrected chi connectivity index (χ2v) is 14.6. The van der Waals surface area contributed by atoms with Crippen LogP contribution in [0.1, 0.15) is 27.8 Å². The summed E-state index contributed by atoms with van der Waals surface area (Å²) in [6.45, 7) is 6.01. The van der Waals surface area contributed by atoms with E-state index >= 15 is 0 Å². The standard InChI is InChI=1S/C47H33BF6N2/c1-28-12-22-41-37(24-28)48-38-25-29(2)13-23-42(38)56(40-11-7-5-9-36(40)32-16-20-34(21-17-32)47(52,53)54)44-27-30(3)26-43(45(44)48)55(41)39-10-6-4-8-35(39)31-14-18-33(19-15-31)46(49,50)51/h4-27H,1-3H3. The molecular formula is C47H33BF6N2. The van der Waals surface area contributed by atoms with E-state index in [1.54, 1.807) is 0 Å². The minimum Gasteiger partial charge on any atom is -0.311 e. The largest absolute Gasteiger partial charge is 0.416 e. The monoisotopic (exact) mass is 750 g/mol. The van der Waals surface area contributed by atoms with Gasteiger partial charge in [-0.1, -0.05) is 96.1 Å². The number of halogens is 6. The number of aryl methyl sites for hydroxylation is 3. The van der Waals surface area contributed by atoms with Crippen LogP contribution in [0.25, 0.3) is 22.3 Å². The third-order valence-corrected chi connectivity index (χ3v) is 10.9. The molecule has 56 heavy (non-hydrogen) atoms. The van der Waals surface area contributed by atoms with E-state index in [9.17, 15) is 26.3 Å². The van der Waals surface area contributed by atoms with Crippen molar-refractivity contribution < 1.29 is 26.3 Å². The van der Waals surface area contributed by atoms with Crippen LogP contribution in [0, 0.1) is 20.8 Å². The van der Waals surface area contributed by atoms with E-state index in [0.717, 1.165) is 103 Å². The average molecular weight is 751 g/mol. The van der Waals surface area contributed by atoms with Gasteiger partial charge in [-0.15, -0.1) is 0 Å². The molecule has 0 atom stereocenters. The molecule has 0 unspecified atom stereocenters. The summed E-state index contributed by atoms with van der Waals surface area (Å²) in [6.07, 6.45) is -8.91. The molecule has 9 rings (SSSR count). The van der Waals surface area contributed by atoms with Crippen LogP contribution in [0.15, 0.2) is 146 Å². The predicted octanol–water partition coefficient (Wildman–Crippen LogP) is 12.1. The molecule has 0 saturated heterocycles. The molecule has 0 amide bonds. The Kier molecular flexibility index (Phi) is 8.20. The molecule has 7 aromatic rings. The van der Waals surface area contributed by atoms with E-state index in [0.29, 0.717) is 11.1 Å². The van der Waals surface area contributed by atoms with Crippen molar-refractivity contribution in [2.24, 2.45) is 0 Å². The molecule has 0 fully saturated rings. The second kappa shape index (κ2) is 12.9. The van der Waals surface area contributed by atoms with Gasteiger partial charge in [-0.3, -0.25) is 0 Å².